The minimum atomic E-state index is -0.562. The molecule has 0 bridgehead atoms. The van der Waals surface area contributed by atoms with Crippen LogP contribution in [0.2, 0.25) is 0 Å². The van der Waals surface area contributed by atoms with E-state index in [9.17, 15) is 19.7 Å². The van der Waals surface area contributed by atoms with Crippen molar-refractivity contribution >= 4 is 35.1 Å². The Hall–Kier alpha value is -2.88. The number of thioether (sulfide) groups is 1. The summed E-state index contributed by atoms with van der Waals surface area (Å²) in [5, 5.41) is 17.0. The van der Waals surface area contributed by atoms with E-state index < -0.39 is 10.9 Å². The molecule has 1 heterocycles. The van der Waals surface area contributed by atoms with Crippen molar-refractivity contribution < 1.29 is 23.8 Å². The highest BCUT2D eigenvalue weighted by molar-refractivity contribution is 8.00. The number of carbonyl (C=O) groups is 2. The van der Waals surface area contributed by atoms with Crippen molar-refractivity contribution in [1.29, 1.82) is 0 Å². The molecule has 0 saturated carbocycles. The highest BCUT2D eigenvalue weighted by Gasteiger charge is 2.14. The van der Waals surface area contributed by atoms with Crippen LogP contribution in [0.25, 0.3) is 0 Å². The van der Waals surface area contributed by atoms with Crippen LogP contribution in [0.15, 0.2) is 34.9 Å². The predicted octanol–water partition coefficient (Wildman–Crippen LogP) is 2.31. The Kier molecular flexibility index (Phi) is 6.52. The van der Waals surface area contributed by atoms with Gasteiger partial charge in [-0.25, -0.2) is 0 Å². The third-order valence-corrected chi connectivity index (χ3v) is 3.83. The molecule has 1 N–H and O–H groups in total. The lowest BCUT2D eigenvalue weighted by Crippen LogP contribution is -2.16. The molecule has 2 aromatic rings. The zero-order valence-corrected chi connectivity index (χ0v) is 14.1. The summed E-state index contributed by atoms with van der Waals surface area (Å²) < 4.78 is 9.81. The van der Waals surface area contributed by atoms with E-state index in [1.807, 2.05) is 0 Å². The van der Waals surface area contributed by atoms with Crippen molar-refractivity contribution in [2.24, 2.45) is 0 Å². The second kappa shape index (κ2) is 8.83. The van der Waals surface area contributed by atoms with E-state index in [0.29, 0.717) is 17.1 Å². The zero-order valence-electron chi connectivity index (χ0n) is 13.3. The maximum absolute atomic E-state index is 11.7. The molecule has 0 saturated heterocycles. The Morgan fingerprint density at radius 3 is 2.80 bits per heavy atom. The van der Waals surface area contributed by atoms with Crippen LogP contribution in [0.1, 0.15) is 11.3 Å². The monoisotopic (exact) mass is 365 g/mol. The predicted molar refractivity (Wildman–Crippen MR) is 90.1 cm³/mol. The number of benzene rings is 1. The number of anilines is 1. The number of hydrogen-bond donors (Lipinski definition) is 1. The lowest BCUT2D eigenvalue weighted by Gasteiger charge is -2.05. The van der Waals surface area contributed by atoms with Gasteiger partial charge in [0.05, 0.1) is 22.0 Å². The average Bonchev–Trinajstić information content (AvgIpc) is 2.98. The van der Waals surface area contributed by atoms with Gasteiger partial charge in [0.15, 0.2) is 5.82 Å². The Morgan fingerprint density at radius 1 is 1.36 bits per heavy atom. The molecule has 0 unspecified atom stereocenters. The van der Waals surface area contributed by atoms with Crippen LogP contribution < -0.4 is 5.32 Å². The van der Waals surface area contributed by atoms with Crippen molar-refractivity contribution in [3.63, 3.8) is 0 Å². The molecule has 1 amide bonds. The summed E-state index contributed by atoms with van der Waals surface area (Å²) in [5.41, 5.74) is 0.204. The summed E-state index contributed by atoms with van der Waals surface area (Å²) in [6, 6.07) is 7.60. The van der Waals surface area contributed by atoms with Crippen LogP contribution >= 0.6 is 11.8 Å². The second-order valence-electron chi connectivity index (χ2n) is 4.91. The summed E-state index contributed by atoms with van der Waals surface area (Å²) in [6.45, 7) is 1.51. The number of aryl methyl sites for hydroxylation is 1. The van der Waals surface area contributed by atoms with Gasteiger partial charge in [-0.1, -0.05) is 17.3 Å². The van der Waals surface area contributed by atoms with Gasteiger partial charge in [0.2, 0.25) is 5.91 Å². The highest BCUT2D eigenvalue weighted by Crippen LogP contribution is 2.18. The van der Waals surface area contributed by atoms with Crippen LogP contribution in [-0.4, -0.2) is 33.5 Å². The SMILES string of the molecule is Cc1cc(NC(=O)CSCC(=O)OCc2ccccc2[N+](=O)[O-])no1. The summed E-state index contributed by atoms with van der Waals surface area (Å²) in [7, 11) is 0. The average molecular weight is 365 g/mol. The van der Waals surface area contributed by atoms with Gasteiger partial charge in [0, 0.05) is 12.1 Å². The first kappa shape index (κ1) is 18.5. The van der Waals surface area contributed by atoms with E-state index >= 15 is 0 Å². The van der Waals surface area contributed by atoms with Crippen molar-refractivity contribution in [1.82, 2.24) is 5.16 Å². The number of nitrogens with one attached hydrogen (secondary N) is 1. The molecule has 0 spiro atoms. The molecule has 10 heteroatoms. The standard InChI is InChI=1S/C15H15N3O6S/c1-10-6-13(17-24-10)16-14(19)8-25-9-15(20)23-7-11-4-2-3-5-12(11)18(21)22/h2-6H,7-9H2,1H3,(H,16,17,19). The molecule has 1 aromatic heterocycles. The first-order valence-corrected chi connectivity index (χ1v) is 8.30. The van der Waals surface area contributed by atoms with E-state index in [0.717, 1.165) is 11.8 Å². The molecule has 132 valence electrons. The number of nitro benzene ring substituents is 1. The second-order valence-corrected chi connectivity index (χ2v) is 5.90. The molecule has 0 fully saturated rings. The van der Waals surface area contributed by atoms with Gasteiger partial charge in [-0.2, -0.15) is 0 Å². The Labute approximate surface area is 146 Å². The number of rotatable bonds is 8. The molecular formula is C15H15N3O6S. The summed E-state index contributed by atoms with van der Waals surface area (Å²) >= 11 is 1.06. The van der Waals surface area contributed by atoms with Crippen LogP contribution in [0, 0.1) is 17.0 Å². The maximum Gasteiger partial charge on any atom is 0.316 e. The van der Waals surface area contributed by atoms with Gasteiger partial charge in [0.25, 0.3) is 5.69 Å². The molecule has 0 aliphatic carbocycles. The van der Waals surface area contributed by atoms with Gasteiger partial charge in [-0.15, -0.1) is 11.8 Å². The number of hydrogen-bond acceptors (Lipinski definition) is 8. The topological polar surface area (TPSA) is 125 Å². The number of nitrogens with zero attached hydrogens (tertiary/aromatic N) is 2. The fraction of sp³-hybridized carbons (Fsp3) is 0.267. The minimum absolute atomic E-state index is 0.0342. The third-order valence-electron chi connectivity index (χ3n) is 2.93. The zero-order chi connectivity index (χ0) is 18.2. The lowest BCUT2D eigenvalue weighted by atomic mass is 10.2. The highest BCUT2D eigenvalue weighted by atomic mass is 32.2. The number of esters is 1. The van der Waals surface area contributed by atoms with E-state index in [1.165, 1.54) is 18.2 Å². The Morgan fingerprint density at radius 2 is 2.12 bits per heavy atom. The number of aromatic nitrogens is 1. The normalized spacial score (nSPS) is 10.3. The van der Waals surface area contributed by atoms with Gasteiger partial charge in [-0.3, -0.25) is 19.7 Å². The molecule has 0 atom stereocenters. The molecule has 9 nitrogen and oxygen atoms in total. The van der Waals surface area contributed by atoms with Crippen molar-refractivity contribution in [3.8, 4) is 0 Å². The number of carbonyl (C=O) groups excluding carboxylic acids is 2. The molecule has 1 aromatic carbocycles. The van der Waals surface area contributed by atoms with Crippen molar-refractivity contribution in [2.75, 3.05) is 16.8 Å². The van der Waals surface area contributed by atoms with Gasteiger partial charge in [0.1, 0.15) is 12.4 Å². The number of nitro groups is 1. The maximum atomic E-state index is 11.7. The summed E-state index contributed by atoms with van der Waals surface area (Å²) in [4.78, 5) is 33.7. The van der Waals surface area contributed by atoms with Crippen LogP contribution in [0.5, 0.6) is 0 Å². The molecule has 0 aliphatic heterocycles. The Balaban J connectivity index is 1.70. The fourth-order valence-corrected chi connectivity index (χ4v) is 2.45. The van der Waals surface area contributed by atoms with Crippen molar-refractivity contribution in [2.45, 2.75) is 13.5 Å². The van der Waals surface area contributed by atoms with E-state index in [1.54, 1.807) is 19.1 Å². The third kappa shape index (κ3) is 5.92. The summed E-state index contributed by atoms with van der Waals surface area (Å²) in [6.07, 6.45) is 0. The molecular weight excluding hydrogens is 350 g/mol. The van der Waals surface area contributed by atoms with Crippen LogP contribution in [-0.2, 0) is 20.9 Å². The lowest BCUT2D eigenvalue weighted by molar-refractivity contribution is -0.385. The number of para-hydroxylation sites is 1. The molecule has 0 radical (unpaired) electrons. The van der Waals surface area contributed by atoms with Gasteiger partial charge in [-0.05, 0) is 13.0 Å². The minimum Gasteiger partial charge on any atom is -0.460 e. The smallest absolute Gasteiger partial charge is 0.316 e. The molecule has 0 aliphatic rings. The quantitative estimate of drug-likeness (QED) is 0.429. The Bertz CT molecular complexity index is 776. The van der Waals surface area contributed by atoms with Gasteiger partial charge < -0.3 is 14.6 Å². The largest absolute Gasteiger partial charge is 0.460 e. The molecule has 25 heavy (non-hydrogen) atoms. The first-order valence-electron chi connectivity index (χ1n) is 7.14. The summed E-state index contributed by atoms with van der Waals surface area (Å²) in [5.74, 6) is -0.0279. The van der Waals surface area contributed by atoms with E-state index in [2.05, 4.69) is 10.5 Å². The fourth-order valence-electron chi connectivity index (χ4n) is 1.84. The van der Waals surface area contributed by atoms with E-state index in [4.69, 9.17) is 9.26 Å². The van der Waals surface area contributed by atoms with Crippen LogP contribution in [0.4, 0.5) is 11.5 Å². The van der Waals surface area contributed by atoms with Gasteiger partial charge >= 0.3 is 5.97 Å². The number of ether oxygens (including phenoxy) is 1. The van der Waals surface area contributed by atoms with Crippen molar-refractivity contribution in [3.05, 3.63) is 51.8 Å². The molecule has 2 rings (SSSR count). The first-order chi connectivity index (χ1) is 12.0. The van der Waals surface area contributed by atoms with Crippen LogP contribution in [0.3, 0.4) is 0 Å². The van der Waals surface area contributed by atoms with E-state index in [-0.39, 0.29) is 29.7 Å². The number of amides is 1.